The Balaban J connectivity index is 2.57. The molecule has 2 rings (SSSR count). The summed E-state index contributed by atoms with van der Waals surface area (Å²) >= 11 is 0. The molecule has 0 saturated heterocycles. The summed E-state index contributed by atoms with van der Waals surface area (Å²) in [5.74, 6) is -11.0. The van der Waals surface area contributed by atoms with Crippen LogP contribution in [0.25, 0.3) is 0 Å². The van der Waals surface area contributed by atoms with Gasteiger partial charge < -0.3 is 20.4 Å². The van der Waals surface area contributed by atoms with Crippen LogP contribution in [0.3, 0.4) is 0 Å². The molecule has 2 aliphatic rings. The summed E-state index contributed by atoms with van der Waals surface area (Å²) in [6, 6.07) is 0. The molecule has 2 saturated carbocycles. The fraction of sp³-hybridized carbons (Fsp3) is 0.636. The lowest BCUT2D eigenvalue weighted by atomic mass is 9.64. The van der Waals surface area contributed by atoms with Gasteiger partial charge in [-0.05, 0) is 18.8 Å². The minimum absolute atomic E-state index is 0.109. The highest BCUT2D eigenvalue weighted by Gasteiger charge is 2.72. The monoisotopic (exact) mass is 272 g/mol. The van der Waals surface area contributed by atoms with E-state index in [0.717, 1.165) is 0 Å². The maximum absolute atomic E-state index is 11.5. The van der Waals surface area contributed by atoms with Crippen LogP contribution in [0.5, 0.6) is 0 Å². The first kappa shape index (κ1) is 13.3. The highest BCUT2D eigenvalue weighted by Crippen LogP contribution is 2.63. The highest BCUT2D eigenvalue weighted by atomic mass is 16.4. The molecule has 5 atom stereocenters. The first-order valence-corrected chi connectivity index (χ1v) is 5.65. The zero-order valence-electron chi connectivity index (χ0n) is 9.65. The van der Waals surface area contributed by atoms with Crippen LogP contribution in [-0.4, -0.2) is 44.3 Å². The first-order chi connectivity index (χ1) is 8.73. The zero-order chi connectivity index (χ0) is 14.5. The van der Waals surface area contributed by atoms with E-state index < -0.39 is 53.0 Å². The van der Waals surface area contributed by atoms with Gasteiger partial charge in [0, 0.05) is 0 Å². The number of hydrogen-bond donors (Lipinski definition) is 4. The van der Waals surface area contributed by atoms with E-state index in [1.54, 1.807) is 0 Å². The van der Waals surface area contributed by atoms with Crippen LogP contribution < -0.4 is 0 Å². The molecular formula is C11H12O8. The molecule has 0 aromatic rings. The normalized spacial score (nSPS) is 40.0. The van der Waals surface area contributed by atoms with Crippen LogP contribution in [0.1, 0.15) is 12.8 Å². The third-order valence-electron chi connectivity index (χ3n) is 4.43. The van der Waals surface area contributed by atoms with Gasteiger partial charge in [-0.3, -0.25) is 19.2 Å². The predicted molar refractivity (Wildman–Crippen MR) is 56.2 cm³/mol. The van der Waals surface area contributed by atoms with E-state index in [2.05, 4.69) is 0 Å². The molecule has 0 amide bonds. The van der Waals surface area contributed by atoms with Crippen molar-refractivity contribution in [3.63, 3.8) is 0 Å². The Morgan fingerprint density at radius 3 is 1.84 bits per heavy atom. The van der Waals surface area contributed by atoms with Crippen molar-refractivity contribution in [3.05, 3.63) is 0 Å². The third kappa shape index (κ3) is 1.52. The Morgan fingerprint density at radius 1 is 0.895 bits per heavy atom. The number of aliphatic carboxylic acids is 4. The van der Waals surface area contributed by atoms with Crippen molar-refractivity contribution in [3.8, 4) is 0 Å². The second-order valence-electron chi connectivity index (χ2n) is 5.12. The molecule has 0 heterocycles. The Bertz CT molecular complexity index is 471. The number of rotatable bonds is 4. The van der Waals surface area contributed by atoms with Crippen molar-refractivity contribution in [2.75, 3.05) is 0 Å². The standard InChI is InChI=1S/C11H12O8/c12-7(13)4-1-3-2-11(4,10(18)19)6(9(16)17)5(3)8(14)15/h3-6H,1-2H2,(H,12,13)(H,14,15)(H,16,17)(H,18,19). The van der Waals surface area contributed by atoms with Crippen LogP contribution in [-0.2, 0) is 19.2 Å². The quantitative estimate of drug-likeness (QED) is 0.539. The van der Waals surface area contributed by atoms with Gasteiger partial charge in [-0.15, -0.1) is 0 Å². The summed E-state index contributed by atoms with van der Waals surface area (Å²) in [7, 11) is 0. The van der Waals surface area contributed by atoms with Crippen LogP contribution >= 0.6 is 0 Å². The smallest absolute Gasteiger partial charge is 0.311 e. The summed E-state index contributed by atoms with van der Waals surface area (Å²) in [5.41, 5.74) is -2.02. The molecule has 0 aromatic carbocycles. The van der Waals surface area contributed by atoms with Crippen molar-refractivity contribution < 1.29 is 39.6 Å². The molecule has 104 valence electrons. The summed E-state index contributed by atoms with van der Waals surface area (Å²) in [6.07, 6.45) is -0.324. The molecule has 8 nitrogen and oxygen atoms in total. The van der Waals surface area contributed by atoms with E-state index in [-0.39, 0.29) is 12.8 Å². The fourth-order valence-corrected chi connectivity index (χ4v) is 3.79. The van der Waals surface area contributed by atoms with Crippen LogP contribution in [0.4, 0.5) is 0 Å². The van der Waals surface area contributed by atoms with Crippen LogP contribution in [0.15, 0.2) is 0 Å². The van der Waals surface area contributed by atoms with E-state index in [1.807, 2.05) is 0 Å². The summed E-state index contributed by atoms with van der Waals surface area (Å²) in [6.45, 7) is 0. The Morgan fingerprint density at radius 2 is 1.47 bits per heavy atom. The maximum Gasteiger partial charge on any atom is 0.311 e. The molecule has 0 aromatic heterocycles. The van der Waals surface area contributed by atoms with Crippen molar-refractivity contribution in [1.82, 2.24) is 0 Å². The zero-order valence-corrected chi connectivity index (χ0v) is 9.65. The van der Waals surface area contributed by atoms with Gasteiger partial charge in [0.2, 0.25) is 0 Å². The molecule has 0 spiro atoms. The van der Waals surface area contributed by atoms with Crippen molar-refractivity contribution >= 4 is 23.9 Å². The third-order valence-corrected chi connectivity index (χ3v) is 4.43. The Hall–Kier alpha value is -2.12. The van der Waals surface area contributed by atoms with Gasteiger partial charge in [0.25, 0.3) is 0 Å². The average molecular weight is 272 g/mol. The van der Waals surface area contributed by atoms with E-state index >= 15 is 0 Å². The lowest BCUT2D eigenvalue weighted by Gasteiger charge is -2.35. The van der Waals surface area contributed by atoms with Crippen molar-refractivity contribution in [1.29, 1.82) is 0 Å². The molecule has 19 heavy (non-hydrogen) atoms. The second-order valence-corrected chi connectivity index (χ2v) is 5.12. The predicted octanol–water partition coefficient (Wildman–Crippen LogP) is -0.417. The molecule has 8 heteroatoms. The molecular weight excluding hydrogens is 260 g/mol. The van der Waals surface area contributed by atoms with Gasteiger partial charge in [-0.25, -0.2) is 0 Å². The number of carbonyl (C=O) groups is 4. The average Bonchev–Trinajstić information content (AvgIpc) is 2.81. The topological polar surface area (TPSA) is 149 Å². The first-order valence-electron chi connectivity index (χ1n) is 5.65. The molecule has 2 fully saturated rings. The van der Waals surface area contributed by atoms with Gasteiger partial charge in [-0.2, -0.15) is 0 Å². The second kappa shape index (κ2) is 3.94. The Labute approximate surface area is 106 Å². The molecule has 2 bridgehead atoms. The summed E-state index contributed by atoms with van der Waals surface area (Å²) < 4.78 is 0. The molecule has 0 aliphatic heterocycles. The summed E-state index contributed by atoms with van der Waals surface area (Å²) in [5, 5.41) is 36.6. The fourth-order valence-electron chi connectivity index (χ4n) is 3.79. The highest BCUT2D eigenvalue weighted by molar-refractivity contribution is 5.94. The van der Waals surface area contributed by atoms with E-state index in [4.69, 9.17) is 15.3 Å². The van der Waals surface area contributed by atoms with Gasteiger partial charge >= 0.3 is 23.9 Å². The van der Waals surface area contributed by atoms with Crippen molar-refractivity contribution in [2.45, 2.75) is 12.8 Å². The lowest BCUT2D eigenvalue weighted by molar-refractivity contribution is -0.177. The molecule has 4 N–H and O–H groups in total. The minimum atomic E-state index is -2.02. The molecule has 0 radical (unpaired) electrons. The molecule has 2 aliphatic carbocycles. The van der Waals surface area contributed by atoms with Gasteiger partial charge in [0.05, 0.1) is 23.2 Å². The number of carboxylic acid groups (broad SMARTS) is 4. The number of fused-ring (bicyclic) bond motifs is 2. The van der Waals surface area contributed by atoms with Crippen LogP contribution in [0.2, 0.25) is 0 Å². The summed E-state index contributed by atoms with van der Waals surface area (Å²) in [4.78, 5) is 45.0. The van der Waals surface area contributed by atoms with Gasteiger partial charge in [0.15, 0.2) is 0 Å². The number of hydrogen-bond acceptors (Lipinski definition) is 4. The molecule has 5 unspecified atom stereocenters. The Kier molecular flexibility index (Phi) is 2.76. The van der Waals surface area contributed by atoms with E-state index in [0.29, 0.717) is 0 Å². The minimum Gasteiger partial charge on any atom is -0.481 e. The maximum atomic E-state index is 11.5. The van der Waals surface area contributed by atoms with Gasteiger partial charge in [-0.1, -0.05) is 0 Å². The number of carboxylic acids is 4. The lowest BCUT2D eigenvalue weighted by Crippen LogP contribution is -2.51. The van der Waals surface area contributed by atoms with E-state index in [9.17, 15) is 24.3 Å². The van der Waals surface area contributed by atoms with Crippen molar-refractivity contribution in [2.24, 2.45) is 29.1 Å². The van der Waals surface area contributed by atoms with E-state index in [1.165, 1.54) is 0 Å². The SMILES string of the molecule is O=C(O)C1C2CC(C(=O)O)C(C(=O)O)(C2)C1C(=O)O. The van der Waals surface area contributed by atoms with Gasteiger partial charge in [0.1, 0.15) is 0 Å². The van der Waals surface area contributed by atoms with Crippen LogP contribution in [0, 0.1) is 29.1 Å². The largest absolute Gasteiger partial charge is 0.481 e.